The summed E-state index contributed by atoms with van der Waals surface area (Å²) in [5, 5.41) is 4.61. The van der Waals surface area contributed by atoms with Gasteiger partial charge in [-0.2, -0.15) is 0 Å². The summed E-state index contributed by atoms with van der Waals surface area (Å²) in [5.41, 5.74) is 0.300. The number of esters is 1. The fraction of sp³-hybridized carbons (Fsp3) is 0.182. The van der Waals surface area contributed by atoms with E-state index in [9.17, 15) is 9.59 Å². The Hall–Kier alpha value is -2.99. The number of nitrogens with one attached hydrogen (secondary N) is 1. The molecule has 0 spiro atoms. The summed E-state index contributed by atoms with van der Waals surface area (Å²) < 4.78 is 10.5. The van der Waals surface area contributed by atoms with Crippen molar-refractivity contribution in [2.45, 2.75) is 4.90 Å². The van der Waals surface area contributed by atoms with Crippen LogP contribution in [0.1, 0.15) is 10.4 Å². The Labute approximate surface area is 168 Å². The molecule has 0 atom stereocenters. The fourth-order valence-electron chi connectivity index (χ4n) is 2.68. The lowest BCUT2D eigenvalue weighted by Gasteiger charge is -2.11. The monoisotopic (exact) mass is 395 g/mol. The molecule has 0 saturated carbocycles. The van der Waals surface area contributed by atoms with E-state index in [0.717, 1.165) is 21.4 Å². The Kier molecular flexibility index (Phi) is 6.92. The molecule has 0 heterocycles. The summed E-state index contributed by atoms with van der Waals surface area (Å²) >= 11 is 1.65. The molecule has 0 aliphatic rings. The lowest BCUT2D eigenvalue weighted by molar-refractivity contribution is -0.124. The van der Waals surface area contributed by atoms with E-state index >= 15 is 0 Å². The Morgan fingerprint density at radius 2 is 1.64 bits per heavy atom. The molecule has 5 nitrogen and oxygen atoms in total. The number of hydrogen-bond donors (Lipinski definition) is 1. The maximum atomic E-state index is 12.4. The molecule has 0 saturated heterocycles. The first-order chi connectivity index (χ1) is 13.7. The quantitative estimate of drug-likeness (QED) is 0.356. The molecule has 3 aromatic carbocycles. The van der Waals surface area contributed by atoms with Gasteiger partial charge in [-0.25, -0.2) is 4.79 Å². The average Bonchev–Trinajstić information content (AvgIpc) is 2.74. The van der Waals surface area contributed by atoms with Gasteiger partial charge in [0.1, 0.15) is 11.3 Å². The molecule has 28 heavy (non-hydrogen) atoms. The molecule has 6 heteroatoms. The minimum atomic E-state index is -0.587. The molecule has 0 bridgehead atoms. The van der Waals surface area contributed by atoms with E-state index in [2.05, 4.69) is 5.32 Å². The Balaban J connectivity index is 1.49. The topological polar surface area (TPSA) is 64.6 Å². The van der Waals surface area contributed by atoms with Gasteiger partial charge in [0.15, 0.2) is 6.61 Å². The van der Waals surface area contributed by atoms with Gasteiger partial charge in [0.2, 0.25) is 0 Å². The third-order valence-corrected chi connectivity index (χ3v) is 5.07. The highest BCUT2D eigenvalue weighted by Gasteiger charge is 2.16. The van der Waals surface area contributed by atoms with E-state index in [-0.39, 0.29) is 12.5 Å². The Morgan fingerprint density at radius 3 is 2.36 bits per heavy atom. The van der Waals surface area contributed by atoms with E-state index in [1.807, 2.05) is 54.6 Å². The van der Waals surface area contributed by atoms with Gasteiger partial charge >= 0.3 is 5.97 Å². The summed E-state index contributed by atoms with van der Waals surface area (Å²) in [6.45, 7) is 0.167. The van der Waals surface area contributed by atoms with Crippen LogP contribution in [0.25, 0.3) is 10.8 Å². The molecule has 0 radical (unpaired) electrons. The first-order valence-corrected chi connectivity index (χ1v) is 9.84. The van der Waals surface area contributed by atoms with Gasteiger partial charge < -0.3 is 14.8 Å². The zero-order valence-electron chi connectivity index (χ0n) is 15.5. The lowest BCUT2D eigenvalue weighted by atomic mass is 10.1. The van der Waals surface area contributed by atoms with Gasteiger partial charge in [0.25, 0.3) is 5.91 Å². The normalized spacial score (nSPS) is 10.5. The molecular weight excluding hydrogens is 374 g/mol. The molecule has 3 rings (SSSR count). The number of amides is 1. The predicted octanol–water partition coefficient (Wildman–Crippen LogP) is 3.91. The first-order valence-electron chi connectivity index (χ1n) is 8.86. The molecule has 0 aliphatic heterocycles. The van der Waals surface area contributed by atoms with Crippen LogP contribution in [0, 0.1) is 0 Å². The van der Waals surface area contributed by atoms with E-state index in [0.29, 0.717) is 17.9 Å². The lowest BCUT2D eigenvalue weighted by Crippen LogP contribution is -2.30. The summed E-state index contributed by atoms with van der Waals surface area (Å²) in [7, 11) is 1.50. The second kappa shape index (κ2) is 9.80. The summed E-state index contributed by atoms with van der Waals surface area (Å²) in [6, 6.07) is 21.1. The van der Waals surface area contributed by atoms with E-state index < -0.39 is 5.97 Å². The van der Waals surface area contributed by atoms with Crippen molar-refractivity contribution < 1.29 is 19.1 Å². The van der Waals surface area contributed by atoms with Crippen molar-refractivity contribution in [1.29, 1.82) is 0 Å². The summed E-state index contributed by atoms with van der Waals surface area (Å²) in [6.07, 6.45) is 0. The van der Waals surface area contributed by atoms with Crippen LogP contribution in [0.15, 0.2) is 71.6 Å². The van der Waals surface area contributed by atoms with Crippen molar-refractivity contribution in [1.82, 2.24) is 5.32 Å². The highest BCUT2D eigenvalue weighted by molar-refractivity contribution is 7.99. The third kappa shape index (κ3) is 5.27. The molecule has 0 fully saturated rings. The van der Waals surface area contributed by atoms with Crippen LogP contribution in [-0.4, -0.2) is 37.9 Å². The molecule has 0 aliphatic carbocycles. The number of rotatable bonds is 8. The number of fused-ring (bicyclic) bond motifs is 1. The highest BCUT2D eigenvalue weighted by Crippen LogP contribution is 2.26. The Bertz CT molecular complexity index is 959. The minimum absolute atomic E-state index is 0.300. The van der Waals surface area contributed by atoms with Crippen LogP contribution in [-0.2, 0) is 9.53 Å². The maximum absolute atomic E-state index is 12.4. The van der Waals surface area contributed by atoms with Crippen LogP contribution in [0.3, 0.4) is 0 Å². The zero-order chi connectivity index (χ0) is 19.8. The van der Waals surface area contributed by atoms with Crippen molar-refractivity contribution in [3.8, 4) is 5.75 Å². The van der Waals surface area contributed by atoms with E-state index in [1.54, 1.807) is 23.9 Å². The van der Waals surface area contributed by atoms with Crippen molar-refractivity contribution in [2.24, 2.45) is 0 Å². The molecule has 0 unspecified atom stereocenters. The number of carbonyl (C=O) groups is 2. The first kappa shape index (κ1) is 19.8. The second-order valence-electron chi connectivity index (χ2n) is 5.99. The van der Waals surface area contributed by atoms with Crippen LogP contribution in [0.2, 0.25) is 0 Å². The number of hydrogen-bond acceptors (Lipinski definition) is 5. The van der Waals surface area contributed by atoms with Gasteiger partial charge in [0.05, 0.1) is 7.11 Å². The van der Waals surface area contributed by atoms with E-state index in [4.69, 9.17) is 9.47 Å². The zero-order valence-corrected chi connectivity index (χ0v) is 16.3. The van der Waals surface area contributed by atoms with Crippen LogP contribution < -0.4 is 10.1 Å². The number of thioether (sulfide) groups is 1. The maximum Gasteiger partial charge on any atom is 0.342 e. The number of ether oxygens (including phenoxy) is 2. The fourth-order valence-corrected chi connectivity index (χ4v) is 3.47. The van der Waals surface area contributed by atoms with Crippen molar-refractivity contribution >= 4 is 34.4 Å². The molecule has 144 valence electrons. The smallest absolute Gasteiger partial charge is 0.342 e. The molecule has 1 amide bonds. The number of benzene rings is 3. The summed E-state index contributed by atoms with van der Waals surface area (Å²) in [5.74, 6) is 0.240. The van der Waals surface area contributed by atoms with Gasteiger partial charge in [-0.15, -0.1) is 11.8 Å². The van der Waals surface area contributed by atoms with Crippen molar-refractivity contribution in [3.05, 3.63) is 72.3 Å². The van der Waals surface area contributed by atoms with Crippen LogP contribution in [0.4, 0.5) is 0 Å². The second-order valence-corrected chi connectivity index (χ2v) is 7.16. The Morgan fingerprint density at radius 1 is 0.964 bits per heavy atom. The van der Waals surface area contributed by atoms with Gasteiger partial charge in [0, 0.05) is 17.2 Å². The summed E-state index contributed by atoms with van der Waals surface area (Å²) in [4.78, 5) is 25.5. The molecular formula is C22H21NO4S. The molecule has 1 N–H and O–H groups in total. The SMILES string of the molecule is COc1cc2ccccc2cc1C(=O)OCC(=O)NCCSc1ccccc1. The third-order valence-electron chi connectivity index (χ3n) is 4.06. The minimum Gasteiger partial charge on any atom is -0.496 e. The van der Waals surface area contributed by atoms with Crippen molar-refractivity contribution in [2.75, 3.05) is 26.0 Å². The van der Waals surface area contributed by atoms with Gasteiger partial charge in [-0.05, 0) is 35.0 Å². The number of carbonyl (C=O) groups excluding carboxylic acids is 2. The molecule has 3 aromatic rings. The average molecular weight is 395 g/mol. The van der Waals surface area contributed by atoms with Crippen LogP contribution in [0.5, 0.6) is 5.75 Å². The largest absolute Gasteiger partial charge is 0.496 e. The standard InChI is InChI=1S/C22H21NO4S/c1-26-20-14-17-8-6-5-7-16(17)13-19(20)22(25)27-15-21(24)23-11-12-28-18-9-3-2-4-10-18/h2-10,13-14H,11-12,15H2,1H3,(H,23,24). The number of methoxy groups -OCH3 is 1. The highest BCUT2D eigenvalue weighted by atomic mass is 32.2. The predicted molar refractivity (Wildman–Crippen MR) is 111 cm³/mol. The molecule has 0 aromatic heterocycles. The van der Waals surface area contributed by atoms with Gasteiger partial charge in [-0.1, -0.05) is 42.5 Å². The van der Waals surface area contributed by atoms with Crippen LogP contribution >= 0.6 is 11.8 Å². The van der Waals surface area contributed by atoms with E-state index in [1.165, 1.54) is 7.11 Å². The van der Waals surface area contributed by atoms with Crippen molar-refractivity contribution in [3.63, 3.8) is 0 Å². The van der Waals surface area contributed by atoms with Gasteiger partial charge in [-0.3, -0.25) is 4.79 Å².